The molecule has 0 aliphatic carbocycles. The molecular weight excluding hydrogens is 248 g/mol. The minimum Gasteiger partial charge on any atom is -0.355 e. The van der Waals surface area contributed by atoms with Gasteiger partial charge in [-0.2, -0.15) is 0 Å². The summed E-state index contributed by atoms with van der Waals surface area (Å²) in [6.07, 6.45) is 5.00. The van der Waals surface area contributed by atoms with Crippen LogP contribution < -0.4 is 5.32 Å². The van der Waals surface area contributed by atoms with Gasteiger partial charge in [0.05, 0.1) is 12.1 Å². The van der Waals surface area contributed by atoms with E-state index in [1.54, 1.807) is 11.3 Å². The zero-order chi connectivity index (χ0) is 12.5. The van der Waals surface area contributed by atoms with E-state index in [-0.39, 0.29) is 11.9 Å². The number of fused-ring (bicyclic) bond motifs is 1. The average molecular weight is 266 g/mol. The molecule has 2 saturated heterocycles. The minimum absolute atomic E-state index is 0.218. The van der Waals surface area contributed by atoms with Gasteiger partial charge in [0, 0.05) is 13.0 Å². The summed E-state index contributed by atoms with van der Waals surface area (Å²) < 4.78 is 0. The van der Waals surface area contributed by atoms with Crippen molar-refractivity contribution in [3.63, 3.8) is 0 Å². The molecule has 3 heterocycles. The van der Waals surface area contributed by atoms with Gasteiger partial charge in [-0.25, -0.2) is 0 Å². The van der Waals surface area contributed by atoms with Crippen molar-refractivity contribution in [1.82, 2.24) is 15.1 Å². The van der Waals surface area contributed by atoms with Gasteiger partial charge in [-0.3, -0.25) is 4.79 Å². The van der Waals surface area contributed by atoms with Crippen LogP contribution in [0.2, 0.25) is 0 Å². The van der Waals surface area contributed by atoms with E-state index < -0.39 is 0 Å². The van der Waals surface area contributed by atoms with Gasteiger partial charge in [0.2, 0.25) is 11.0 Å². The first-order chi connectivity index (χ1) is 8.78. The highest BCUT2D eigenvalue weighted by atomic mass is 32.1. The maximum absolute atomic E-state index is 11.9. The highest BCUT2D eigenvalue weighted by Crippen LogP contribution is 2.30. The van der Waals surface area contributed by atoms with E-state index >= 15 is 0 Å². The van der Waals surface area contributed by atoms with Crippen molar-refractivity contribution in [3.8, 4) is 0 Å². The summed E-state index contributed by atoms with van der Waals surface area (Å²) in [7, 11) is 0. The predicted octanol–water partition coefficient (Wildman–Crippen LogP) is 1.67. The summed E-state index contributed by atoms with van der Waals surface area (Å²) in [6.45, 7) is 3.00. The third-order valence-electron chi connectivity index (χ3n) is 3.81. The molecule has 0 saturated carbocycles. The van der Waals surface area contributed by atoms with Gasteiger partial charge in [0.1, 0.15) is 5.01 Å². The molecule has 98 valence electrons. The van der Waals surface area contributed by atoms with Gasteiger partial charge >= 0.3 is 0 Å². The van der Waals surface area contributed by atoms with E-state index in [1.807, 2.05) is 4.90 Å². The third kappa shape index (κ3) is 2.09. The fourth-order valence-corrected chi connectivity index (χ4v) is 3.63. The first kappa shape index (κ1) is 11.9. The molecule has 1 aromatic rings. The Morgan fingerprint density at radius 2 is 2.33 bits per heavy atom. The van der Waals surface area contributed by atoms with Gasteiger partial charge in [-0.15, -0.1) is 10.2 Å². The second-order valence-corrected chi connectivity index (χ2v) is 6.02. The summed E-state index contributed by atoms with van der Waals surface area (Å²) in [5, 5.41) is 13.6. The van der Waals surface area contributed by atoms with Crippen LogP contribution in [0.3, 0.4) is 0 Å². The Morgan fingerprint density at radius 3 is 3.11 bits per heavy atom. The van der Waals surface area contributed by atoms with Crippen LogP contribution >= 0.6 is 11.3 Å². The Balaban J connectivity index is 1.70. The summed E-state index contributed by atoms with van der Waals surface area (Å²) in [5.74, 6) is 0.289. The smallest absolute Gasteiger partial charge is 0.225 e. The molecule has 0 radical (unpaired) electrons. The molecule has 1 N–H and O–H groups in total. The van der Waals surface area contributed by atoms with Crippen molar-refractivity contribution in [2.24, 2.45) is 0 Å². The number of carbonyl (C=O) groups excluding carboxylic acids is 1. The van der Waals surface area contributed by atoms with E-state index in [1.165, 1.54) is 6.42 Å². The van der Waals surface area contributed by atoms with Crippen LogP contribution in [0, 0.1) is 0 Å². The molecule has 5 nitrogen and oxygen atoms in total. The molecule has 18 heavy (non-hydrogen) atoms. The molecule has 0 aromatic carbocycles. The summed E-state index contributed by atoms with van der Waals surface area (Å²) in [5.41, 5.74) is 0. The second-order valence-electron chi connectivity index (χ2n) is 4.96. The van der Waals surface area contributed by atoms with Crippen LogP contribution in [0.5, 0.6) is 0 Å². The molecule has 2 aliphatic rings. The maximum Gasteiger partial charge on any atom is 0.225 e. The van der Waals surface area contributed by atoms with Crippen LogP contribution in [-0.4, -0.2) is 39.6 Å². The number of aromatic nitrogens is 2. The number of carbonyl (C=O) groups is 1. The Bertz CT molecular complexity index is 447. The van der Waals surface area contributed by atoms with Crippen LogP contribution in [-0.2, 0) is 11.2 Å². The monoisotopic (exact) mass is 266 g/mol. The lowest BCUT2D eigenvalue weighted by Crippen LogP contribution is -2.42. The number of amides is 1. The Hall–Kier alpha value is -1.17. The van der Waals surface area contributed by atoms with Gasteiger partial charge in [-0.1, -0.05) is 18.3 Å². The van der Waals surface area contributed by atoms with Crippen LogP contribution in [0.15, 0.2) is 0 Å². The molecule has 2 atom stereocenters. The Kier molecular flexibility index (Phi) is 3.20. The zero-order valence-corrected chi connectivity index (χ0v) is 11.4. The molecule has 1 aromatic heterocycles. The number of rotatable bonds is 3. The minimum atomic E-state index is 0.218. The van der Waals surface area contributed by atoms with Crippen molar-refractivity contribution in [2.45, 2.75) is 51.1 Å². The molecule has 6 heteroatoms. The molecule has 2 unspecified atom stereocenters. The normalized spacial score (nSPS) is 27.4. The molecule has 0 bridgehead atoms. The lowest BCUT2D eigenvalue weighted by molar-refractivity contribution is -0.129. The lowest BCUT2D eigenvalue weighted by atomic mass is 9.99. The van der Waals surface area contributed by atoms with E-state index in [9.17, 15) is 4.79 Å². The Morgan fingerprint density at radius 1 is 1.44 bits per heavy atom. The van der Waals surface area contributed by atoms with Crippen molar-refractivity contribution >= 4 is 22.4 Å². The number of hydrogen-bond acceptors (Lipinski definition) is 5. The summed E-state index contributed by atoms with van der Waals surface area (Å²) in [6, 6.07) is 0.579. The first-order valence-corrected chi connectivity index (χ1v) is 7.48. The number of piperidine rings is 1. The zero-order valence-electron chi connectivity index (χ0n) is 10.6. The van der Waals surface area contributed by atoms with E-state index in [4.69, 9.17) is 0 Å². The molecule has 2 aliphatic heterocycles. The number of nitrogens with one attached hydrogen (secondary N) is 1. The predicted molar refractivity (Wildman–Crippen MR) is 70.7 cm³/mol. The Labute approximate surface area is 111 Å². The fraction of sp³-hybridized carbons (Fsp3) is 0.750. The highest BCUT2D eigenvalue weighted by Gasteiger charge is 2.41. The van der Waals surface area contributed by atoms with Crippen molar-refractivity contribution in [3.05, 3.63) is 5.01 Å². The molecule has 2 fully saturated rings. The SMILES string of the molecule is CCc1nnc(NC2CC(=O)N3CCCCC23)s1. The van der Waals surface area contributed by atoms with E-state index in [0.717, 1.165) is 35.9 Å². The van der Waals surface area contributed by atoms with Gasteiger partial charge < -0.3 is 10.2 Å². The van der Waals surface area contributed by atoms with E-state index in [0.29, 0.717) is 12.5 Å². The standard InChI is InChI=1S/C12H18N4OS/c1-2-10-14-15-12(18-10)13-8-7-11(17)16-6-4-3-5-9(8)16/h8-9H,2-7H2,1H3,(H,13,15). The molecule has 0 spiro atoms. The van der Waals surface area contributed by atoms with Gasteiger partial charge in [-0.05, 0) is 25.7 Å². The van der Waals surface area contributed by atoms with Crippen LogP contribution in [0.4, 0.5) is 5.13 Å². The van der Waals surface area contributed by atoms with Gasteiger partial charge in [0.15, 0.2) is 0 Å². The fourth-order valence-electron chi connectivity index (χ4n) is 2.89. The lowest BCUT2D eigenvalue weighted by Gasteiger charge is -2.32. The average Bonchev–Trinajstić information content (AvgIpc) is 2.97. The van der Waals surface area contributed by atoms with Crippen molar-refractivity contribution in [1.29, 1.82) is 0 Å². The van der Waals surface area contributed by atoms with Crippen molar-refractivity contribution < 1.29 is 4.79 Å². The number of hydrogen-bond donors (Lipinski definition) is 1. The van der Waals surface area contributed by atoms with Gasteiger partial charge in [0.25, 0.3) is 0 Å². The molecule has 3 rings (SSSR count). The topological polar surface area (TPSA) is 58.1 Å². The quantitative estimate of drug-likeness (QED) is 0.904. The van der Waals surface area contributed by atoms with E-state index in [2.05, 4.69) is 22.4 Å². The largest absolute Gasteiger partial charge is 0.355 e. The number of anilines is 1. The number of aryl methyl sites for hydroxylation is 1. The third-order valence-corrected chi connectivity index (χ3v) is 4.81. The van der Waals surface area contributed by atoms with Crippen LogP contribution in [0.25, 0.3) is 0 Å². The second kappa shape index (κ2) is 4.84. The first-order valence-electron chi connectivity index (χ1n) is 6.66. The van der Waals surface area contributed by atoms with Crippen molar-refractivity contribution in [2.75, 3.05) is 11.9 Å². The number of nitrogens with zero attached hydrogens (tertiary/aromatic N) is 3. The molecular formula is C12H18N4OS. The van der Waals surface area contributed by atoms with Crippen LogP contribution in [0.1, 0.15) is 37.6 Å². The summed E-state index contributed by atoms with van der Waals surface area (Å²) >= 11 is 1.60. The summed E-state index contributed by atoms with van der Waals surface area (Å²) in [4.78, 5) is 14.0. The highest BCUT2D eigenvalue weighted by molar-refractivity contribution is 7.15. The molecule has 1 amide bonds. The maximum atomic E-state index is 11.9.